The van der Waals surface area contributed by atoms with Crippen LogP contribution in [0.5, 0.6) is 0 Å². The standard InChI is InChI=1S/C9H11N5/c1-10-5-8-6-11-9(12-7-8)14-4-2-3-13-14/h2-4,6-7,10H,5H2,1H3. The van der Waals surface area contributed by atoms with Crippen LogP contribution in [-0.4, -0.2) is 26.8 Å². The van der Waals surface area contributed by atoms with Crippen LogP contribution in [0.2, 0.25) is 0 Å². The second-order valence-corrected chi connectivity index (χ2v) is 2.87. The van der Waals surface area contributed by atoms with Crippen LogP contribution in [0.1, 0.15) is 5.56 Å². The fourth-order valence-electron chi connectivity index (χ4n) is 1.15. The zero-order valence-corrected chi connectivity index (χ0v) is 7.88. The van der Waals surface area contributed by atoms with Crippen molar-refractivity contribution < 1.29 is 0 Å². The smallest absolute Gasteiger partial charge is 0.250 e. The Morgan fingerprint density at radius 1 is 1.36 bits per heavy atom. The Morgan fingerprint density at radius 3 is 2.71 bits per heavy atom. The summed E-state index contributed by atoms with van der Waals surface area (Å²) in [6, 6.07) is 1.84. The van der Waals surface area contributed by atoms with Crippen LogP contribution in [0.25, 0.3) is 5.95 Å². The largest absolute Gasteiger partial charge is 0.316 e. The van der Waals surface area contributed by atoms with E-state index in [-0.39, 0.29) is 0 Å². The van der Waals surface area contributed by atoms with Gasteiger partial charge >= 0.3 is 0 Å². The Bertz CT molecular complexity index is 378. The van der Waals surface area contributed by atoms with Gasteiger partial charge in [0.15, 0.2) is 0 Å². The molecule has 72 valence electrons. The van der Waals surface area contributed by atoms with Gasteiger partial charge in [0.25, 0.3) is 0 Å². The van der Waals surface area contributed by atoms with E-state index in [0.29, 0.717) is 5.95 Å². The lowest BCUT2D eigenvalue weighted by Gasteiger charge is -2.01. The molecule has 2 aromatic heterocycles. The summed E-state index contributed by atoms with van der Waals surface area (Å²) in [4.78, 5) is 8.38. The van der Waals surface area contributed by atoms with Crippen molar-refractivity contribution in [1.82, 2.24) is 25.1 Å². The summed E-state index contributed by atoms with van der Waals surface area (Å²) in [5.74, 6) is 0.592. The fraction of sp³-hybridized carbons (Fsp3) is 0.222. The SMILES string of the molecule is CNCc1cnc(-n2cccn2)nc1. The Balaban J connectivity index is 2.22. The molecule has 0 bridgehead atoms. The van der Waals surface area contributed by atoms with Crippen LogP contribution in [0.15, 0.2) is 30.9 Å². The van der Waals surface area contributed by atoms with Crippen molar-refractivity contribution in [1.29, 1.82) is 0 Å². The zero-order chi connectivity index (χ0) is 9.80. The van der Waals surface area contributed by atoms with E-state index in [1.165, 1.54) is 0 Å². The molecule has 2 aromatic rings. The minimum atomic E-state index is 0.592. The molecule has 5 nitrogen and oxygen atoms in total. The Hall–Kier alpha value is -1.75. The topological polar surface area (TPSA) is 55.6 Å². The van der Waals surface area contributed by atoms with Gasteiger partial charge in [0.05, 0.1) is 0 Å². The molecule has 0 saturated heterocycles. The normalized spacial score (nSPS) is 10.4. The highest BCUT2D eigenvalue weighted by atomic mass is 15.3. The molecule has 5 heteroatoms. The molecule has 1 N–H and O–H groups in total. The van der Waals surface area contributed by atoms with Crippen LogP contribution in [-0.2, 0) is 6.54 Å². The first-order valence-corrected chi connectivity index (χ1v) is 4.35. The van der Waals surface area contributed by atoms with E-state index < -0.39 is 0 Å². The number of hydrogen-bond acceptors (Lipinski definition) is 4. The Morgan fingerprint density at radius 2 is 2.14 bits per heavy atom. The lowest BCUT2D eigenvalue weighted by molar-refractivity contribution is 0.775. The summed E-state index contributed by atoms with van der Waals surface area (Å²) in [5.41, 5.74) is 1.06. The van der Waals surface area contributed by atoms with Gasteiger partial charge in [0, 0.05) is 36.9 Å². The molecule has 0 aliphatic carbocycles. The molecule has 0 aliphatic rings. The molecule has 0 saturated carbocycles. The van der Waals surface area contributed by atoms with Crippen LogP contribution in [0.4, 0.5) is 0 Å². The van der Waals surface area contributed by atoms with Gasteiger partial charge in [-0.15, -0.1) is 0 Å². The van der Waals surface area contributed by atoms with Crippen molar-refractivity contribution in [2.24, 2.45) is 0 Å². The van der Waals surface area contributed by atoms with Gasteiger partial charge in [-0.05, 0) is 13.1 Å². The van der Waals surface area contributed by atoms with Crippen molar-refractivity contribution in [2.45, 2.75) is 6.54 Å². The van der Waals surface area contributed by atoms with E-state index in [4.69, 9.17) is 0 Å². The van der Waals surface area contributed by atoms with Gasteiger partial charge in [0.2, 0.25) is 5.95 Å². The lowest BCUT2D eigenvalue weighted by atomic mass is 10.3. The maximum atomic E-state index is 4.19. The predicted octanol–water partition coefficient (Wildman–Crippen LogP) is 0.382. The minimum Gasteiger partial charge on any atom is -0.316 e. The molecular weight excluding hydrogens is 178 g/mol. The highest BCUT2D eigenvalue weighted by Crippen LogP contribution is 1.99. The van der Waals surface area contributed by atoms with Gasteiger partial charge in [-0.25, -0.2) is 14.6 Å². The van der Waals surface area contributed by atoms with Crippen molar-refractivity contribution >= 4 is 0 Å². The average molecular weight is 189 g/mol. The molecular formula is C9H11N5. The summed E-state index contributed by atoms with van der Waals surface area (Å²) in [5, 5.41) is 7.07. The van der Waals surface area contributed by atoms with Gasteiger partial charge in [-0.3, -0.25) is 0 Å². The van der Waals surface area contributed by atoms with E-state index >= 15 is 0 Å². The van der Waals surface area contributed by atoms with E-state index in [1.807, 2.05) is 19.3 Å². The first-order chi connectivity index (χ1) is 6.90. The molecule has 0 fully saturated rings. The Kier molecular flexibility index (Phi) is 2.51. The van der Waals surface area contributed by atoms with E-state index in [0.717, 1.165) is 12.1 Å². The molecule has 0 atom stereocenters. The quantitative estimate of drug-likeness (QED) is 0.758. The number of hydrogen-bond donors (Lipinski definition) is 1. The molecule has 0 amide bonds. The summed E-state index contributed by atoms with van der Waals surface area (Å²) in [6.07, 6.45) is 7.10. The van der Waals surface area contributed by atoms with Crippen molar-refractivity contribution in [3.8, 4) is 5.95 Å². The van der Waals surface area contributed by atoms with Gasteiger partial charge in [-0.1, -0.05) is 0 Å². The highest BCUT2D eigenvalue weighted by Gasteiger charge is 1.98. The van der Waals surface area contributed by atoms with Crippen molar-refractivity contribution in [3.63, 3.8) is 0 Å². The van der Waals surface area contributed by atoms with Crippen LogP contribution in [0.3, 0.4) is 0 Å². The van der Waals surface area contributed by atoms with Crippen LogP contribution < -0.4 is 5.32 Å². The molecule has 2 heterocycles. The van der Waals surface area contributed by atoms with Gasteiger partial charge in [-0.2, -0.15) is 5.10 Å². The van der Waals surface area contributed by atoms with E-state index in [9.17, 15) is 0 Å². The minimum absolute atomic E-state index is 0.592. The van der Waals surface area contributed by atoms with Crippen molar-refractivity contribution in [3.05, 3.63) is 36.4 Å². The Labute approximate surface area is 81.8 Å². The van der Waals surface area contributed by atoms with Crippen LogP contribution in [0, 0.1) is 0 Å². The van der Waals surface area contributed by atoms with Gasteiger partial charge in [0.1, 0.15) is 0 Å². The summed E-state index contributed by atoms with van der Waals surface area (Å²) >= 11 is 0. The van der Waals surface area contributed by atoms with Crippen molar-refractivity contribution in [2.75, 3.05) is 7.05 Å². The van der Waals surface area contributed by atoms with E-state index in [1.54, 1.807) is 23.3 Å². The average Bonchev–Trinajstić information content (AvgIpc) is 2.72. The van der Waals surface area contributed by atoms with Crippen LogP contribution >= 0.6 is 0 Å². The third kappa shape index (κ3) is 1.77. The molecule has 14 heavy (non-hydrogen) atoms. The second-order valence-electron chi connectivity index (χ2n) is 2.87. The predicted molar refractivity (Wildman–Crippen MR) is 51.9 cm³/mol. The number of nitrogens with one attached hydrogen (secondary N) is 1. The maximum Gasteiger partial charge on any atom is 0.250 e. The zero-order valence-electron chi connectivity index (χ0n) is 7.88. The first kappa shape index (κ1) is 8.83. The highest BCUT2D eigenvalue weighted by molar-refractivity contribution is 5.13. The summed E-state index contributed by atoms with van der Waals surface area (Å²) < 4.78 is 1.63. The monoisotopic (exact) mass is 189 g/mol. The molecule has 0 spiro atoms. The molecule has 0 unspecified atom stereocenters. The lowest BCUT2D eigenvalue weighted by Crippen LogP contribution is -2.07. The molecule has 0 radical (unpaired) electrons. The second kappa shape index (κ2) is 3.97. The third-order valence-corrected chi connectivity index (χ3v) is 1.78. The first-order valence-electron chi connectivity index (χ1n) is 4.35. The number of nitrogens with zero attached hydrogens (tertiary/aromatic N) is 4. The fourth-order valence-corrected chi connectivity index (χ4v) is 1.15. The molecule has 2 rings (SSSR count). The number of rotatable bonds is 3. The molecule has 0 aliphatic heterocycles. The molecule has 0 aromatic carbocycles. The maximum absolute atomic E-state index is 4.19. The van der Waals surface area contributed by atoms with Gasteiger partial charge < -0.3 is 5.32 Å². The number of aromatic nitrogens is 4. The summed E-state index contributed by atoms with van der Waals surface area (Å²) in [6.45, 7) is 0.777. The van der Waals surface area contributed by atoms with E-state index in [2.05, 4.69) is 20.4 Å². The third-order valence-electron chi connectivity index (χ3n) is 1.78. The summed E-state index contributed by atoms with van der Waals surface area (Å²) in [7, 11) is 1.89.